The molecule has 2 amide bonds. The average Bonchev–Trinajstić information content (AvgIpc) is 2.73. The highest BCUT2D eigenvalue weighted by Crippen LogP contribution is 2.23. The molecule has 2 aliphatic heterocycles. The lowest BCUT2D eigenvalue weighted by Crippen LogP contribution is -2.57. The van der Waals surface area contributed by atoms with Crippen LogP contribution >= 0.6 is 0 Å². The van der Waals surface area contributed by atoms with E-state index in [0.717, 1.165) is 0 Å². The minimum absolute atomic E-state index is 0.00725. The third-order valence-corrected chi connectivity index (χ3v) is 5.69. The smallest absolute Gasteiger partial charge is 0.322 e. The molecule has 8 nitrogen and oxygen atoms in total. The van der Waals surface area contributed by atoms with Crippen LogP contribution in [0.25, 0.3) is 0 Å². The molecule has 0 aromatic heterocycles. The number of hydrogen-bond donors (Lipinski definition) is 1. The van der Waals surface area contributed by atoms with E-state index in [1.165, 1.54) is 0 Å². The van der Waals surface area contributed by atoms with Crippen LogP contribution < -0.4 is 4.74 Å². The first kappa shape index (κ1) is 20.1. The molecule has 8 heteroatoms. The van der Waals surface area contributed by atoms with Gasteiger partial charge in [-0.05, 0) is 38.1 Å². The fourth-order valence-corrected chi connectivity index (χ4v) is 3.87. The van der Waals surface area contributed by atoms with E-state index in [2.05, 4.69) is 0 Å². The Labute approximate surface area is 164 Å². The van der Waals surface area contributed by atoms with Gasteiger partial charge in [-0.1, -0.05) is 6.07 Å². The summed E-state index contributed by atoms with van der Waals surface area (Å²) in [6.07, 6.45) is 1.19. The lowest BCUT2D eigenvalue weighted by molar-refractivity contribution is -0.149. The molecular formula is C20H27N3O5. The summed E-state index contributed by atoms with van der Waals surface area (Å²) in [7, 11) is 3.33. The SMILES string of the molecule is COc1cccc(C(=O)N2CCC(C(=O)N3CCN(C)[C@H](C(=O)O)C3)CC2)c1. The van der Waals surface area contributed by atoms with Gasteiger partial charge in [0.05, 0.1) is 7.11 Å². The molecule has 0 saturated carbocycles. The van der Waals surface area contributed by atoms with Crippen molar-refractivity contribution in [2.24, 2.45) is 5.92 Å². The second-order valence-electron chi connectivity index (χ2n) is 7.42. The Hall–Kier alpha value is -2.61. The number of likely N-dealkylation sites (tertiary alicyclic amines) is 1. The van der Waals surface area contributed by atoms with Gasteiger partial charge in [0.2, 0.25) is 5.91 Å². The van der Waals surface area contributed by atoms with Gasteiger partial charge < -0.3 is 19.6 Å². The minimum atomic E-state index is -0.904. The topological polar surface area (TPSA) is 90.4 Å². The van der Waals surface area contributed by atoms with E-state index in [1.807, 2.05) is 0 Å². The third-order valence-electron chi connectivity index (χ3n) is 5.69. The molecule has 1 N–H and O–H groups in total. The Bertz CT molecular complexity index is 745. The van der Waals surface area contributed by atoms with Gasteiger partial charge in [-0.2, -0.15) is 0 Å². The molecule has 0 radical (unpaired) electrons. The fraction of sp³-hybridized carbons (Fsp3) is 0.550. The lowest BCUT2D eigenvalue weighted by atomic mass is 9.94. The van der Waals surface area contributed by atoms with E-state index in [4.69, 9.17) is 4.74 Å². The number of nitrogens with zero attached hydrogens (tertiary/aromatic N) is 3. The first-order valence-corrected chi connectivity index (χ1v) is 9.56. The van der Waals surface area contributed by atoms with E-state index in [9.17, 15) is 19.5 Å². The number of rotatable bonds is 4. The molecule has 28 heavy (non-hydrogen) atoms. The summed E-state index contributed by atoms with van der Waals surface area (Å²) >= 11 is 0. The van der Waals surface area contributed by atoms with E-state index >= 15 is 0 Å². The van der Waals surface area contributed by atoms with Crippen LogP contribution in [0.2, 0.25) is 0 Å². The number of benzene rings is 1. The van der Waals surface area contributed by atoms with Crippen molar-refractivity contribution in [3.63, 3.8) is 0 Å². The predicted molar refractivity (Wildman–Crippen MR) is 102 cm³/mol. The van der Waals surface area contributed by atoms with Gasteiger partial charge in [-0.15, -0.1) is 0 Å². The molecule has 2 aliphatic rings. The number of carbonyl (C=O) groups excluding carboxylic acids is 2. The van der Waals surface area contributed by atoms with Crippen molar-refractivity contribution >= 4 is 17.8 Å². The summed E-state index contributed by atoms with van der Waals surface area (Å²) in [5.41, 5.74) is 0.576. The van der Waals surface area contributed by atoms with Crippen LogP contribution in [0.1, 0.15) is 23.2 Å². The van der Waals surface area contributed by atoms with Crippen molar-refractivity contribution in [2.75, 3.05) is 46.9 Å². The standard InChI is InChI=1S/C20H27N3O5/c1-21-10-11-23(13-17(21)20(26)27)18(24)14-6-8-22(9-7-14)19(25)15-4-3-5-16(12-15)28-2/h3-5,12,14,17H,6-11,13H2,1-2H3,(H,26,27)/t17-/m0/s1. The molecule has 1 atom stereocenters. The van der Waals surface area contributed by atoms with Crippen LogP contribution in [0.3, 0.4) is 0 Å². The van der Waals surface area contributed by atoms with Gasteiger partial charge in [0, 0.05) is 44.2 Å². The molecule has 3 rings (SSSR count). The number of likely N-dealkylation sites (N-methyl/N-ethyl adjacent to an activating group) is 1. The van der Waals surface area contributed by atoms with E-state index < -0.39 is 12.0 Å². The molecule has 0 aliphatic carbocycles. The molecule has 0 unspecified atom stereocenters. The molecule has 2 saturated heterocycles. The molecule has 0 bridgehead atoms. The van der Waals surface area contributed by atoms with Gasteiger partial charge >= 0.3 is 5.97 Å². The Morgan fingerprint density at radius 2 is 1.79 bits per heavy atom. The maximum atomic E-state index is 12.9. The summed E-state index contributed by atoms with van der Waals surface area (Å²) in [5, 5.41) is 9.33. The number of hydrogen-bond acceptors (Lipinski definition) is 5. The maximum absolute atomic E-state index is 12.9. The molecule has 0 spiro atoms. The predicted octanol–water partition coefficient (Wildman–Crippen LogP) is 0.775. The Kier molecular flexibility index (Phi) is 6.18. The molecular weight excluding hydrogens is 362 g/mol. The van der Waals surface area contributed by atoms with Crippen LogP contribution in [0.5, 0.6) is 5.75 Å². The molecule has 2 heterocycles. The Morgan fingerprint density at radius 1 is 1.07 bits per heavy atom. The Balaban J connectivity index is 1.56. The summed E-state index contributed by atoms with van der Waals surface area (Å²) in [6, 6.07) is 6.40. The van der Waals surface area contributed by atoms with E-state index in [1.54, 1.807) is 53.1 Å². The summed E-state index contributed by atoms with van der Waals surface area (Å²) < 4.78 is 5.17. The quantitative estimate of drug-likeness (QED) is 0.818. The lowest BCUT2D eigenvalue weighted by Gasteiger charge is -2.40. The van der Waals surface area contributed by atoms with Gasteiger partial charge in [0.15, 0.2) is 0 Å². The number of carboxylic acids is 1. The number of ether oxygens (including phenoxy) is 1. The number of piperidine rings is 1. The van der Waals surface area contributed by atoms with E-state index in [-0.39, 0.29) is 24.3 Å². The third kappa shape index (κ3) is 4.27. The molecule has 152 valence electrons. The first-order chi connectivity index (χ1) is 13.4. The number of methoxy groups -OCH3 is 1. The van der Waals surface area contributed by atoms with Crippen molar-refractivity contribution in [3.05, 3.63) is 29.8 Å². The zero-order valence-corrected chi connectivity index (χ0v) is 16.3. The van der Waals surface area contributed by atoms with Gasteiger partial charge in [-0.3, -0.25) is 19.3 Å². The summed E-state index contributed by atoms with van der Waals surface area (Å²) in [6.45, 7) is 2.34. The van der Waals surface area contributed by atoms with Gasteiger partial charge in [0.1, 0.15) is 11.8 Å². The summed E-state index contributed by atoms with van der Waals surface area (Å²) in [4.78, 5) is 42.1. The van der Waals surface area contributed by atoms with Crippen molar-refractivity contribution < 1.29 is 24.2 Å². The fourth-order valence-electron chi connectivity index (χ4n) is 3.87. The zero-order chi connectivity index (χ0) is 20.3. The summed E-state index contributed by atoms with van der Waals surface area (Å²) in [5.74, 6) is -0.479. The number of carboxylic acid groups (broad SMARTS) is 1. The van der Waals surface area contributed by atoms with E-state index in [0.29, 0.717) is 50.3 Å². The molecule has 1 aromatic rings. The number of piperazine rings is 1. The van der Waals surface area contributed by atoms with Crippen LogP contribution in [-0.4, -0.2) is 90.5 Å². The zero-order valence-electron chi connectivity index (χ0n) is 16.3. The number of aliphatic carboxylic acids is 1. The first-order valence-electron chi connectivity index (χ1n) is 9.56. The van der Waals surface area contributed by atoms with Crippen LogP contribution in [0, 0.1) is 5.92 Å². The second kappa shape index (κ2) is 8.60. The molecule has 1 aromatic carbocycles. The number of carbonyl (C=O) groups is 3. The van der Waals surface area contributed by atoms with Crippen LogP contribution in [-0.2, 0) is 9.59 Å². The highest BCUT2D eigenvalue weighted by atomic mass is 16.5. The van der Waals surface area contributed by atoms with Crippen molar-refractivity contribution in [1.29, 1.82) is 0 Å². The average molecular weight is 389 g/mol. The highest BCUT2D eigenvalue weighted by molar-refractivity contribution is 5.94. The molecule has 2 fully saturated rings. The van der Waals surface area contributed by atoms with Crippen LogP contribution in [0.4, 0.5) is 0 Å². The Morgan fingerprint density at radius 3 is 2.43 bits per heavy atom. The van der Waals surface area contributed by atoms with Crippen molar-refractivity contribution in [1.82, 2.24) is 14.7 Å². The largest absolute Gasteiger partial charge is 0.497 e. The number of amides is 2. The highest BCUT2D eigenvalue weighted by Gasteiger charge is 2.36. The maximum Gasteiger partial charge on any atom is 0.322 e. The second-order valence-corrected chi connectivity index (χ2v) is 7.42. The normalized spacial score (nSPS) is 21.4. The van der Waals surface area contributed by atoms with Crippen molar-refractivity contribution in [2.45, 2.75) is 18.9 Å². The van der Waals surface area contributed by atoms with Gasteiger partial charge in [0.25, 0.3) is 5.91 Å². The van der Waals surface area contributed by atoms with Crippen molar-refractivity contribution in [3.8, 4) is 5.75 Å². The van der Waals surface area contributed by atoms with Gasteiger partial charge in [-0.25, -0.2) is 0 Å². The monoisotopic (exact) mass is 389 g/mol. The van der Waals surface area contributed by atoms with Crippen LogP contribution in [0.15, 0.2) is 24.3 Å². The minimum Gasteiger partial charge on any atom is -0.497 e.